The van der Waals surface area contributed by atoms with E-state index in [9.17, 15) is 4.79 Å². The van der Waals surface area contributed by atoms with Gasteiger partial charge in [-0.05, 0) is 5.56 Å². The number of carbonyl (C=O) groups is 1. The number of thiazole rings is 1. The summed E-state index contributed by atoms with van der Waals surface area (Å²) >= 11 is 1.38. The van der Waals surface area contributed by atoms with Gasteiger partial charge < -0.3 is 10.0 Å². The van der Waals surface area contributed by atoms with Crippen molar-refractivity contribution in [3.63, 3.8) is 0 Å². The van der Waals surface area contributed by atoms with E-state index >= 15 is 0 Å². The van der Waals surface area contributed by atoms with Crippen molar-refractivity contribution in [2.45, 2.75) is 0 Å². The number of hydrogen-bond donors (Lipinski definition) is 1. The lowest BCUT2D eigenvalue weighted by molar-refractivity contribution is 0.0692. The summed E-state index contributed by atoms with van der Waals surface area (Å²) in [5.74, 6) is -0.992. The highest BCUT2D eigenvalue weighted by atomic mass is 32.1. The molecule has 0 fully saturated rings. The zero-order valence-corrected chi connectivity index (χ0v) is 10.4. The topological polar surface area (TPSA) is 53.4 Å². The Balaban J connectivity index is 2.56. The van der Waals surface area contributed by atoms with E-state index in [1.807, 2.05) is 49.3 Å². The molecule has 0 saturated heterocycles. The highest BCUT2D eigenvalue weighted by Gasteiger charge is 2.19. The van der Waals surface area contributed by atoms with Crippen LogP contribution in [0.1, 0.15) is 10.5 Å². The van der Waals surface area contributed by atoms with Gasteiger partial charge in [-0.2, -0.15) is 0 Å². The molecule has 1 aromatic carbocycles. The Hall–Kier alpha value is -1.88. The molecule has 2 aromatic rings. The highest BCUT2D eigenvalue weighted by Crippen LogP contribution is 2.33. The van der Waals surface area contributed by atoms with Crippen molar-refractivity contribution in [3.05, 3.63) is 36.0 Å². The molecule has 0 atom stereocenters. The average molecular weight is 248 g/mol. The minimum Gasteiger partial charge on any atom is -0.476 e. The number of benzene rings is 1. The third-order valence-corrected chi connectivity index (χ3v) is 3.51. The first-order chi connectivity index (χ1) is 8.09. The highest BCUT2D eigenvalue weighted by molar-refractivity contribution is 7.19. The second-order valence-corrected chi connectivity index (χ2v) is 4.72. The Morgan fingerprint density at radius 3 is 2.47 bits per heavy atom. The maximum atomic E-state index is 11.2. The van der Waals surface area contributed by atoms with Gasteiger partial charge in [-0.1, -0.05) is 41.7 Å². The van der Waals surface area contributed by atoms with Gasteiger partial charge in [0.15, 0.2) is 10.8 Å². The molecule has 1 N–H and O–H groups in total. The van der Waals surface area contributed by atoms with Crippen LogP contribution in [0.5, 0.6) is 0 Å². The third-order valence-electron chi connectivity index (χ3n) is 2.24. The first-order valence-corrected chi connectivity index (χ1v) is 5.88. The van der Waals surface area contributed by atoms with Crippen molar-refractivity contribution in [2.75, 3.05) is 19.0 Å². The number of rotatable bonds is 3. The summed E-state index contributed by atoms with van der Waals surface area (Å²) in [6, 6.07) is 9.45. The van der Waals surface area contributed by atoms with Crippen LogP contribution in [0, 0.1) is 0 Å². The van der Waals surface area contributed by atoms with Gasteiger partial charge >= 0.3 is 5.97 Å². The summed E-state index contributed by atoms with van der Waals surface area (Å²) in [6.45, 7) is 0. The third kappa shape index (κ3) is 2.29. The van der Waals surface area contributed by atoms with Crippen LogP contribution in [0.15, 0.2) is 30.3 Å². The number of anilines is 1. The van der Waals surface area contributed by atoms with Crippen LogP contribution >= 0.6 is 11.3 Å². The molecule has 5 heteroatoms. The van der Waals surface area contributed by atoms with E-state index in [4.69, 9.17) is 5.11 Å². The van der Waals surface area contributed by atoms with Gasteiger partial charge in [-0.25, -0.2) is 9.78 Å². The molecule has 0 radical (unpaired) electrons. The van der Waals surface area contributed by atoms with Gasteiger partial charge in [-0.15, -0.1) is 0 Å². The monoisotopic (exact) mass is 248 g/mol. The number of aromatic nitrogens is 1. The number of carboxylic acid groups (broad SMARTS) is 1. The molecule has 0 unspecified atom stereocenters. The molecule has 2 rings (SSSR count). The molecule has 0 aliphatic heterocycles. The van der Waals surface area contributed by atoms with E-state index in [-0.39, 0.29) is 5.69 Å². The molecule has 0 aliphatic rings. The Bertz CT molecular complexity index is 535. The smallest absolute Gasteiger partial charge is 0.356 e. The standard InChI is InChI=1S/C12H12N2O2S/c1-14(2)12-13-9(11(15)16)10(17-12)8-6-4-3-5-7-8/h3-7H,1-2H3,(H,15,16). The fourth-order valence-corrected chi connectivity index (χ4v) is 2.42. The van der Waals surface area contributed by atoms with Gasteiger partial charge in [0.2, 0.25) is 0 Å². The molecule has 0 bridgehead atoms. The lowest BCUT2D eigenvalue weighted by atomic mass is 10.1. The van der Waals surface area contributed by atoms with Gasteiger partial charge in [-0.3, -0.25) is 0 Å². The summed E-state index contributed by atoms with van der Waals surface area (Å²) in [4.78, 5) is 17.8. The average Bonchev–Trinajstić information content (AvgIpc) is 2.75. The quantitative estimate of drug-likeness (QED) is 0.907. The van der Waals surface area contributed by atoms with Crippen LogP contribution in [0.4, 0.5) is 5.13 Å². The lowest BCUT2D eigenvalue weighted by Gasteiger charge is -2.05. The Kier molecular flexibility index (Phi) is 3.10. The summed E-state index contributed by atoms with van der Waals surface area (Å²) in [7, 11) is 3.69. The van der Waals surface area contributed by atoms with E-state index in [0.717, 1.165) is 5.56 Å². The van der Waals surface area contributed by atoms with E-state index in [1.165, 1.54) is 11.3 Å². The zero-order valence-electron chi connectivity index (χ0n) is 9.54. The van der Waals surface area contributed by atoms with E-state index in [2.05, 4.69) is 4.98 Å². The molecular weight excluding hydrogens is 236 g/mol. The van der Waals surface area contributed by atoms with Crippen LogP contribution in [0.2, 0.25) is 0 Å². The van der Waals surface area contributed by atoms with Gasteiger partial charge in [0.1, 0.15) is 0 Å². The fraction of sp³-hybridized carbons (Fsp3) is 0.167. The second-order valence-electron chi connectivity index (χ2n) is 3.74. The SMILES string of the molecule is CN(C)c1nc(C(=O)O)c(-c2ccccc2)s1. The maximum absolute atomic E-state index is 11.2. The van der Waals surface area contributed by atoms with Crippen molar-refractivity contribution in [1.29, 1.82) is 0 Å². The summed E-state index contributed by atoms with van der Waals surface area (Å²) in [5.41, 5.74) is 1.00. The molecule has 0 spiro atoms. The van der Waals surface area contributed by atoms with Crippen molar-refractivity contribution >= 4 is 22.4 Å². The van der Waals surface area contributed by atoms with Crippen molar-refractivity contribution in [3.8, 4) is 10.4 Å². The van der Waals surface area contributed by atoms with Crippen LogP contribution < -0.4 is 4.90 Å². The molecule has 1 heterocycles. The minimum absolute atomic E-state index is 0.116. The number of nitrogens with zero attached hydrogens (tertiary/aromatic N) is 2. The molecule has 88 valence electrons. The van der Waals surface area contributed by atoms with Crippen LogP contribution in [-0.4, -0.2) is 30.2 Å². The molecule has 17 heavy (non-hydrogen) atoms. The largest absolute Gasteiger partial charge is 0.476 e. The minimum atomic E-state index is -0.992. The Labute approximate surface area is 103 Å². The summed E-state index contributed by atoms with van der Waals surface area (Å²) < 4.78 is 0. The molecular formula is C12H12N2O2S. The number of hydrogen-bond acceptors (Lipinski definition) is 4. The first-order valence-electron chi connectivity index (χ1n) is 5.06. The van der Waals surface area contributed by atoms with Crippen molar-refractivity contribution in [2.24, 2.45) is 0 Å². The Morgan fingerprint density at radius 1 is 1.29 bits per heavy atom. The summed E-state index contributed by atoms with van der Waals surface area (Å²) in [6.07, 6.45) is 0. The molecule has 1 aromatic heterocycles. The van der Waals surface area contributed by atoms with Crippen LogP contribution in [0.3, 0.4) is 0 Å². The van der Waals surface area contributed by atoms with E-state index in [1.54, 1.807) is 0 Å². The van der Waals surface area contributed by atoms with Crippen LogP contribution in [0.25, 0.3) is 10.4 Å². The Morgan fingerprint density at radius 2 is 1.94 bits per heavy atom. The van der Waals surface area contributed by atoms with Crippen molar-refractivity contribution < 1.29 is 9.90 Å². The molecule has 4 nitrogen and oxygen atoms in total. The predicted octanol–water partition coefficient (Wildman–Crippen LogP) is 2.57. The van der Waals surface area contributed by atoms with Crippen LogP contribution in [-0.2, 0) is 0 Å². The molecule has 0 aliphatic carbocycles. The normalized spacial score (nSPS) is 10.2. The van der Waals surface area contributed by atoms with Gasteiger partial charge in [0.25, 0.3) is 0 Å². The zero-order chi connectivity index (χ0) is 12.4. The number of aromatic carboxylic acids is 1. The van der Waals surface area contributed by atoms with Gasteiger partial charge in [0.05, 0.1) is 4.88 Å². The number of carboxylic acids is 1. The predicted molar refractivity (Wildman–Crippen MR) is 68.8 cm³/mol. The summed E-state index contributed by atoms with van der Waals surface area (Å²) in [5, 5.41) is 9.84. The second kappa shape index (κ2) is 4.55. The molecule has 0 saturated carbocycles. The van der Waals surface area contributed by atoms with E-state index in [0.29, 0.717) is 10.0 Å². The van der Waals surface area contributed by atoms with Gasteiger partial charge in [0, 0.05) is 14.1 Å². The fourth-order valence-electron chi connectivity index (χ4n) is 1.43. The molecule has 0 amide bonds. The first kappa shape index (κ1) is 11.6. The lowest BCUT2D eigenvalue weighted by Crippen LogP contribution is -2.08. The van der Waals surface area contributed by atoms with E-state index < -0.39 is 5.97 Å². The maximum Gasteiger partial charge on any atom is 0.356 e. The van der Waals surface area contributed by atoms with Crippen molar-refractivity contribution in [1.82, 2.24) is 4.98 Å².